The molecule has 0 aliphatic heterocycles. The van der Waals surface area contributed by atoms with Crippen molar-refractivity contribution in [3.8, 4) is 17.0 Å². The van der Waals surface area contributed by atoms with Gasteiger partial charge in [-0.05, 0) is 72.4 Å². The highest BCUT2D eigenvalue weighted by atomic mass is 16.5. The minimum absolute atomic E-state index is 0.145. The molecule has 0 saturated carbocycles. The molecule has 0 bridgehead atoms. The predicted molar refractivity (Wildman–Crippen MR) is 127 cm³/mol. The van der Waals surface area contributed by atoms with E-state index in [-0.39, 0.29) is 5.41 Å². The minimum Gasteiger partial charge on any atom is -0.493 e. The average molecular weight is 399 g/mol. The van der Waals surface area contributed by atoms with Crippen LogP contribution in [0.2, 0.25) is 0 Å². The lowest BCUT2D eigenvalue weighted by Crippen LogP contribution is -2.30. The summed E-state index contributed by atoms with van der Waals surface area (Å²) >= 11 is 0. The van der Waals surface area contributed by atoms with Gasteiger partial charge in [0.25, 0.3) is 0 Å². The SMILES string of the molecule is Cc1cc(C)c(C)c(-c2c3ccc4cc(OCC(C)(C)C)ccc4c3cc[n+]2C)c1. The molecule has 0 aliphatic rings. The maximum Gasteiger partial charge on any atom is 0.220 e. The van der Waals surface area contributed by atoms with Crippen LogP contribution in [0.4, 0.5) is 0 Å². The Balaban J connectivity index is 1.90. The number of aryl methyl sites for hydroxylation is 3. The van der Waals surface area contributed by atoms with E-state index in [9.17, 15) is 0 Å². The van der Waals surface area contributed by atoms with E-state index in [0.717, 1.165) is 5.75 Å². The van der Waals surface area contributed by atoms with Crippen molar-refractivity contribution in [1.82, 2.24) is 0 Å². The maximum absolute atomic E-state index is 6.04. The zero-order chi connectivity index (χ0) is 21.6. The fourth-order valence-electron chi connectivity index (χ4n) is 4.18. The van der Waals surface area contributed by atoms with E-state index in [1.165, 1.54) is 49.5 Å². The Bertz CT molecular complexity index is 1260. The smallest absolute Gasteiger partial charge is 0.220 e. The van der Waals surface area contributed by atoms with E-state index < -0.39 is 0 Å². The van der Waals surface area contributed by atoms with Gasteiger partial charge in [0, 0.05) is 11.5 Å². The molecule has 2 heteroatoms. The van der Waals surface area contributed by atoms with Crippen molar-refractivity contribution < 1.29 is 9.30 Å². The third kappa shape index (κ3) is 3.79. The lowest BCUT2D eigenvalue weighted by atomic mass is 9.93. The van der Waals surface area contributed by atoms with E-state index in [0.29, 0.717) is 6.61 Å². The van der Waals surface area contributed by atoms with Crippen LogP contribution in [0.15, 0.2) is 54.7 Å². The fourth-order valence-corrected chi connectivity index (χ4v) is 4.18. The third-order valence-electron chi connectivity index (χ3n) is 5.84. The molecule has 0 radical (unpaired) electrons. The van der Waals surface area contributed by atoms with Crippen LogP contribution in [0.3, 0.4) is 0 Å². The summed E-state index contributed by atoms with van der Waals surface area (Å²) in [6.07, 6.45) is 2.18. The molecule has 0 spiro atoms. The molecule has 0 unspecified atom stereocenters. The van der Waals surface area contributed by atoms with Crippen LogP contribution in [0.25, 0.3) is 32.8 Å². The Morgan fingerprint density at radius 2 is 1.57 bits per heavy atom. The second-order valence-corrected chi connectivity index (χ2v) is 9.79. The van der Waals surface area contributed by atoms with Gasteiger partial charge < -0.3 is 4.74 Å². The zero-order valence-corrected chi connectivity index (χ0v) is 19.3. The second-order valence-electron chi connectivity index (χ2n) is 9.79. The number of ether oxygens (including phenoxy) is 1. The first kappa shape index (κ1) is 20.4. The Hall–Kier alpha value is -2.87. The average Bonchev–Trinajstić information content (AvgIpc) is 2.68. The van der Waals surface area contributed by atoms with Gasteiger partial charge in [-0.1, -0.05) is 44.5 Å². The maximum atomic E-state index is 6.04. The number of hydrogen-bond acceptors (Lipinski definition) is 1. The van der Waals surface area contributed by atoms with Crippen molar-refractivity contribution in [2.45, 2.75) is 41.5 Å². The molecular weight excluding hydrogens is 366 g/mol. The predicted octanol–water partition coefficient (Wildman–Crippen LogP) is 6.83. The van der Waals surface area contributed by atoms with Gasteiger partial charge in [0.2, 0.25) is 5.69 Å². The first-order valence-electron chi connectivity index (χ1n) is 10.7. The normalized spacial score (nSPS) is 12.0. The first-order valence-corrected chi connectivity index (χ1v) is 10.7. The number of hydrogen-bond donors (Lipinski definition) is 0. The van der Waals surface area contributed by atoms with Gasteiger partial charge in [-0.2, -0.15) is 0 Å². The number of pyridine rings is 1. The molecule has 0 aliphatic carbocycles. The van der Waals surface area contributed by atoms with Crippen molar-refractivity contribution in [2.24, 2.45) is 12.5 Å². The van der Waals surface area contributed by atoms with E-state index in [2.05, 4.69) is 108 Å². The van der Waals surface area contributed by atoms with E-state index >= 15 is 0 Å². The van der Waals surface area contributed by atoms with E-state index in [1.54, 1.807) is 0 Å². The first-order chi connectivity index (χ1) is 14.1. The quantitative estimate of drug-likeness (QED) is 0.272. The van der Waals surface area contributed by atoms with E-state index in [1.807, 2.05) is 0 Å². The topological polar surface area (TPSA) is 13.1 Å². The molecule has 2 nitrogen and oxygen atoms in total. The molecule has 4 aromatic rings. The van der Waals surface area contributed by atoms with Crippen molar-refractivity contribution >= 4 is 21.5 Å². The van der Waals surface area contributed by atoms with Gasteiger partial charge in [-0.15, -0.1) is 0 Å². The minimum atomic E-state index is 0.145. The molecule has 30 heavy (non-hydrogen) atoms. The fraction of sp³-hybridized carbons (Fsp3) is 0.321. The molecule has 0 atom stereocenters. The lowest BCUT2D eigenvalue weighted by Gasteiger charge is -2.19. The van der Waals surface area contributed by atoms with Gasteiger partial charge in [-0.25, -0.2) is 4.57 Å². The number of nitrogens with zero attached hydrogens (tertiary/aromatic N) is 1. The van der Waals surface area contributed by atoms with Crippen LogP contribution in [0.5, 0.6) is 5.75 Å². The molecular formula is C28H32NO+. The summed E-state index contributed by atoms with van der Waals surface area (Å²) in [5, 5.41) is 5.04. The highest BCUT2D eigenvalue weighted by Crippen LogP contribution is 2.35. The number of aromatic nitrogens is 1. The Morgan fingerprint density at radius 3 is 2.30 bits per heavy atom. The molecule has 0 N–H and O–H groups in total. The van der Waals surface area contributed by atoms with Gasteiger partial charge in [0.05, 0.1) is 17.6 Å². The van der Waals surface area contributed by atoms with Crippen LogP contribution < -0.4 is 9.30 Å². The summed E-state index contributed by atoms with van der Waals surface area (Å²) in [6.45, 7) is 13.9. The van der Waals surface area contributed by atoms with Crippen molar-refractivity contribution in [1.29, 1.82) is 0 Å². The van der Waals surface area contributed by atoms with Crippen LogP contribution in [0.1, 0.15) is 37.5 Å². The van der Waals surface area contributed by atoms with Gasteiger partial charge in [-0.3, -0.25) is 0 Å². The van der Waals surface area contributed by atoms with Crippen LogP contribution in [0, 0.1) is 26.2 Å². The van der Waals surface area contributed by atoms with E-state index in [4.69, 9.17) is 4.74 Å². The van der Waals surface area contributed by atoms with Crippen LogP contribution in [-0.2, 0) is 7.05 Å². The van der Waals surface area contributed by atoms with Crippen molar-refractivity contribution in [3.63, 3.8) is 0 Å². The number of fused-ring (bicyclic) bond motifs is 3. The molecule has 154 valence electrons. The summed E-state index contributed by atoms with van der Waals surface area (Å²) in [5.41, 5.74) is 6.70. The van der Waals surface area contributed by atoms with Gasteiger partial charge in [0.1, 0.15) is 12.8 Å². The highest BCUT2D eigenvalue weighted by Gasteiger charge is 2.19. The van der Waals surface area contributed by atoms with Crippen LogP contribution in [-0.4, -0.2) is 6.61 Å². The summed E-state index contributed by atoms with van der Waals surface area (Å²) in [5.74, 6) is 0.934. The summed E-state index contributed by atoms with van der Waals surface area (Å²) in [6, 6.07) is 17.8. The van der Waals surface area contributed by atoms with Gasteiger partial charge >= 0.3 is 0 Å². The largest absolute Gasteiger partial charge is 0.493 e. The summed E-state index contributed by atoms with van der Waals surface area (Å²) in [4.78, 5) is 0. The Labute approximate surface area is 180 Å². The van der Waals surface area contributed by atoms with Crippen molar-refractivity contribution in [2.75, 3.05) is 6.61 Å². The second kappa shape index (κ2) is 7.43. The van der Waals surface area contributed by atoms with Gasteiger partial charge in [0.15, 0.2) is 6.20 Å². The third-order valence-corrected chi connectivity index (χ3v) is 5.84. The Kier molecular flexibility index (Phi) is 5.05. The Morgan fingerprint density at radius 1 is 0.833 bits per heavy atom. The van der Waals surface area contributed by atoms with Crippen LogP contribution >= 0.6 is 0 Å². The lowest BCUT2D eigenvalue weighted by molar-refractivity contribution is -0.659. The monoisotopic (exact) mass is 398 g/mol. The zero-order valence-electron chi connectivity index (χ0n) is 19.3. The molecule has 1 heterocycles. The summed E-state index contributed by atoms with van der Waals surface area (Å²) < 4.78 is 8.29. The number of rotatable bonds is 3. The molecule has 0 fully saturated rings. The molecule has 0 amide bonds. The molecule has 1 aromatic heterocycles. The summed E-state index contributed by atoms with van der Waals surface area (Å²) in [7, 11) is 2.14. The molecule has 0 saturated heterocycles. The van der Waals surface area contributed by atoms with Crippen molar-refractivity contribution in [3.05, 3.63) is 71.4 Å². The highest BCUT2D eigenvalue weighted by molar-refractivity contribution is 6.11. The molecule has 4 rings (SSSR count). The molecule has 3 aromatic carbocycles. The number of benzene rings is 3. The standard InChI is InChI=1S/C28H32NO/c1-18-14-19(2)20(3)26(15-18)27-25-10-8-21-16-22(30-17-28(4,5)6)9-11-23(21)24(25)12-13-29(27)7/h8-16H,17H2,1-7H3/q+1.